The van der Waals surface area contributed by atoms with Gasteiger partial charge in [0.25, 0.3) is 0 Å². The lowest BCUT2D eigenvalue weighted by atomic mass is 10.2. The van der Waals surface area contributed by atoms with Gasteiger partial charge in [-0.1, -0.05) is 0 Å². The summed E-state index contributed by atoms with van der Waals surface area (Å²) in [4.78, 5) is 0.763. The molecule has 0 spiro atoms. The maximum atomic E-state index is 12.7. The minimum atomic E-state index is -0.204. The molecule has 54 valence electrons. The molecule has 0 saturated carbocycles. The number of thiol groups is 1. The normalized spacial score (nSPS) is 10.0. The van der Waals surface area contributed by atoms with Crippen LogP contribution in [-0.4, -0.2) is 0 Å². The molecule has 0 amide bonds. The van der Waals surface area contributed by atoms with Gasteiger partial charge in [0.2, 0.25) is 0 Å². The summed E-state index contributed by atoms with van der Waals surface area (Å²) in [5.74, 6) is -0.204. The summed E-state index contributed by atoms with van der Waals surface area (Å²) < 4.78 is 13.4. The van der Waals surface area contributed by atoms with Gasteiger partial charge < -0.3 is 0 Å². The molecule has 0 N–H and O–H groups in total. The second kappa shape index (κ2) is 2.93. The zero-order valence-corrected chi connectivity index (χ0v) is 7.84. The standard InChI is InChI=1S/C7H6BrFS/c1-4-2-7(10)5(8)3-6(4)9/h2-3,10H,1H3. The fraction of sp³-hybridized carbons (Fsp3) is 0.143. The van der Waals surface area contributed by atoms with Gasteiger partial charge in [0.05, 0.1) is 0 Å². The van der Waals surface area contributed by atoms with Gasteiger partial charge in [-0.25, -0.2) is 4.39 Å². The minimum Gasteiger partial charge on any atom is -0.207 e. The molecule has 1 aromatic carbocycles. The Labute approximate surface area is 73.0 Å². The summed E-state index contributed by atoms with van der Waals surface area (Å²) in [5, 5.41) is 0. The molecule has 3 heteroatoms. The molecule has 0 radical (unpaired) electrons. The summed E-state index contributed by atoms with van der Waals surface area (Å²) in [6.07, 6.45) is 0. The third-order valence-corrected chi connectivity index (χ3v) is 2.56. The van der Waals surface area contributed by atoms with Crippen molar-refractivity contribution in [2.24, 2.45) is 0 Å². The molecule has 0 aliphatic rings. The average Bonchev–Trinajstić information content (AvgIpc) is 1.84. The molecule has 0 saturated heterocycles. The Balaban J connectivity index is 3.28. The Morgan fingerprint density at radius 2 is 2.10 bits per heavy atom. The zero-order valence-electron chi connectivity index (χ0n) is 5.36. The van der Waals surface area contributed by atoms with Crippen molar-refractivity contribution in [3.05, 3.63) is 28.0 Å². The Bertz CT molecular complexity index is 210. The van der Waals surface area contributed by atoms with Gasteiger partial charge in [0.15, 0.2) is 0 Å². The van der Waals surface area contributed by atoms with Crippen LogP contribution in [0.4, 0.5) is 4.39 Å². The van der Waals surface area contributed by atoms with E-state index in [9.17, 15) is 4.39 Å². The van der Waals surface area contributed by atoms with Crippen LogP contribution in [-0.2, 0) is 0 Å². The van der Waals surface area contributed by atoms with E-state index in [0.717, 1.165) is 4.90 Å². The van der Waals surface area contributed by atoms with E-state index in [2.05, 4.69) is 28.6 Å². The first-order valence-electron chi connectivity index (χ1n) is 2.76. The van der Waals surface area contributed by atoms with E-state index in [1.807, 2.05) is 0 Å². The Kier molecular flexibility index (Phi) is 2.36. The van der Waals surface area contributed by atoms with Crippen LogP contribution in [0.5, 0.6) is 0 Å². The first-order valence-corrected chi connectivity index (χ1v) is 4.00. The second-order valence-electron chi connectivity index (χ2n) is 2.05. The predicted octanol–water partition coefficient (Wildman–Crippen LogP) is 3.19. The van der Waals surface area contributed by atoms with Crippen LogP contribution >= 0.6 is 28.6 Å². The van der Waals surface area contributed by atoms with E-state index in [1.54, 1.807) is 13.0 Å². The summed E-state index contributed by atoms with van der Waals surface area (Å²) in [6, 6.07) is 3.10. The maximum absolute atomic E-state index is 12.7. The van der Waals surface area contributed by atoms with Crippen LogP contribution in [0.1, 0.15) is 5.56 Å². The van der Waals surface area contributed by atoms with Gasteiger partial charge in [-0.3, -0.25) is 0 Å². The monoisotopic (exact) mass is 220 g/mol. The van der Waals surface area contributed by atoms with Crippen molar-refractivity contribution in [3.8, 4) is 0 Å². The summed E-state index contributed by atoms with van der Waals surface area (Å²) >= 11 is 7.27. The first-order chi connectivity index (χ1) is 4.61. The van der Waals surface area contributed by atoms with Crippen molar-refractivity contribution in [2.75, 3.05) is 0 Å². The highest BCUT2D eigenvalue weighted by Gasteiger charge is 2.00. The highest BCUT2D eigenvalue weighted by Crippen LogP contribution is 2.23. The molecule has 0 fully saturated rings. The SMILES string of the molecule is Cc1cc(S)c(Br)cc1F. The largest absolute Gasteiger partial charge is 0.207 e. The Morgan fingerprint density at radius 3 is 2.60 bits per heavy atom. The topological polar surface area (TPSA) is 0 Å². The summed E-state index contributed by atoms with van der Waals surface area (Å²) in [5.41, 5.74) is 0.619. The van der Waals surface area contributed by atoms with Crippen molar-refractivity contribution < 1.29 is 4.39 Å². The van der Waals surface area contributed by atoms with Crippen molar-refractivity contribution in [3.63, 3.8) is 0 Å². The van der Waals surface area contributed by atoms with Crippen LogP contribution in [0, 0.1) is 12.7 Å². The van der Waals surface area contributed by atoms with Gasteiger partial charge in [0, 0.05) is 9.37 Å². The molecule has 0 nitrogen and oxygen atoms in total. The third kappa shape index (κ3) is 1.52. The molecule has 0 bridgehead atoms. The van der Waals surface area contributed by atoms with Gasteiger partial charge in [-0.15, -0.1) is 12.6 Å². The quantitative estimate of drug-likeness (QED) is 0.639. The van der Waals surface area contributed by atoms with Crippen molar-refractivity contribution in [2.45, 2.75) is 11.8 Å². The molecule has 0 aliphatic carbocycles. The van der Waals surface area contributed by atoms with Gasteiger partial charge in [-0.05, 0) is 40.5 Å². The summed E-state index contributed by atoms with van der Waals surface area (Å²) in [6.45, 7) is 1.71. The van der Waals surface area contributed by atoms with Crippen LogP contribution in [0.25, 0.3) is 0 Å². The number of halogens is 2. The molecular weight excluding hydrogens is 215 g/mol. The number of aryl methyl sites for hydroxylation is 1. The fourth-order valence-electron chi connectivity index (χ4n) is 0.642. The smallest absolute Gasteiger partial charge is 0.127 e. The van der Waals surface area contributed by atoms with Gasteiger partial charge in [0.1, 0.15) is 5.82 Å². The van der Waals surface area contributed by atoms with E-state index >= 15 is 0 Å². The zero-order chi connectivity index (χ0) is 7.72. The molecule has 0 atom stereocenters. The first kappa shape index (κ1) is 8.08. The maximum Gasteiger partial charge on any atom is 0.127 e. The predicted molar refractivity (Wildman–Crippen MR) is 46.1 cm³/mol. The molecular formula is C7H6BrFS. The van der Waals surface area contributed by atoms with Crippen LogP contribution in [0.2, 0.25) is 0 Å². The van der Waals surface area contributed by atoms with E-state index in [1.165, 1.54) is 6.07 Å². The fourth-order valence-corrected chi connectivity index (χ4v) is 1.22. The highest BCUT2D eigenvalue weighted by atomic mass is 79.9. The minimum absolute atomic E-state index is 0.204. The van der Waals surface area contributed by atoms with Crippen molar-refractivity contribution in [1.29, 1.82) is 0 Å². The van der Waals surface area contributed by atoms with Gasteiger partial charge >= 0.3 is 0 Å². The lowest BCUT2D eigenvalue weighted by Crippen LogP contribution is -1.82. The molecule has 1 rings (SSSR count). The lowest BCUT2D eigenvalue weighted by Gasteiger charge is -1.99. The molecule has 1 aromatic rings. The molecule has 0 aromatic heterocycles. The van der Waals surface area contributed by atoms with Gasteiger partial charge in [-0.2, -0.15) is 0 Å². The number of hydrogen-bond donors (Lipinski definition) is 1. The number of hydrogen-bond acceptors (Lipinski definition) is 1. The molecule has 0 aliphatic heterocycles. The Morgan fingerprint density at radius 1 is 1.50 bits per heavy atom. The molecule has 0 heterocycles. The van der Waals surface area contributed by atoms with Crippen LogP contribution in [0.15, 0.2) is 21.5 Å². The Hall–Kier alpha value is -0.0200. The van der Waals surface area contributed by atoms with E-state index in [0.29, 0.717) is 10.0 Å². The molecule has 10 heavy (non-hydrogen) atoms. The lowest BCUT2D eigenvalue weighted by molar-refractivity contribution is 0.616. The molecule has 0 unspecified atom stereocenters. The number of benzene rings is 1. The summed E-state index contributed by atoms with van der Waals surface area (Å²) in [7, 11) is 0. The van der Waals surface area contributed by atoms with Crippen LogP contribution in [0.3, 0.4) is 0 Å². The third-order valence-electron chi connectivity index (χ3n) is 1.23. The highest BCUT2D eigenvalue weighted by molar-refractivity contribution is 9.10. The van der Waals surface area contributed by atoms with Crippen LogP contribution < -0.4 is 0 Å². The second-order valence-corrected chi connectivity index (χ2v) is 3.39. The average molecular weight is 221 g/mol. The van der Waals surface area contributed by atoms with Crippen molar-refractivity contribution in [1.82, 2.24) is 0 Å². The van der Waals surface area contributed by atoms with E-state index < -0.39 is 0 Å². The number of rotatable bonds is 0. The van der Waals surface area contributed by atoms with E-state index in [-0.39, 0.29) is 5.82 Å². The van der Waals surface area contributed by atoms with Crippen molar-refractivity contribution >= 4 is 28.6 Å². The van der Waals surface area contributed by atoms with E-state index in [4.69, 9.17) is 0 Å².